The molecular formula is C36H56O8Si2. The summed E-state index contributed by atoms with van der Waals surface area (Å²) in [5.74, 6) is 1.02. The fourth-order valence-corrected chi connectivity index (χ4v) is 6.00. The molecule has 0 bridgehead atoms. The predicted molar refractivity (Wildman–Crippen MR) is 189 cm³/mol. The van der Waals surface area contributed by atoms with Crippen molar-refractivity contribution >= 4 is 41.1 Å². The maximum atomic E-state index is 11.6. The zero-order valence-corrected chi connectivity index (χ0v) is 32.1. The van der Waals surface area contributed by atoms with E-state index in [0.717, 1.165) is 46.3 Å². The Morgan fingerprint density at radius 3 is 1.67 bits per heavy atom. The molecule has 2 rings (SSSR count). The largest absolute Gasteiger partial charge is 0.543 e. The van der Waals surface area contributed by atoms with Gasteiger partial charge in [-0.1, -0.05) is 65.8 Å². The first-order chi connectivity index (χ1) is 21.2. The highest BCUT2D eigenvalue weighted by atomic mass is 28.4. The van der Waals surface area contributed by atoms with Crippen molar-refractivity contribution < 1.29 is 37.5 Å². The Labute approximate surface area is 278 Å². The minimum absolute atomic E-state index is 0.0767. The lowest BCUT2D eigenvalue weighted by molar-refractivity contribution is -0.140. The van der Waals surface area contributed by atoms with Crippen molar-refractivity contribution in [2.75, 3.05) is 14.2 Å². The van der Waals surface area contributed by atoms with Gasteiger partial charge >= 0.3 is 11.9 Å². The summed E-state index contributed by atoms with van der Waals surface area (Å²) in [4.78, 5) is 44.6. The quantitative estimate of drug-likeness (QED) is 0.114. The average molecular weight is 673 g/mol. The van der Waals surface area contributed by atoms with Crippen LogP contribution in [-0.4, -0.2) is 55.4 Å². The fraction of sp³-hybridized carbons (Fsp3) is 0.556. The van der Waals surface area contributed by atoms with Gasteiger partial charge in [0, 0.05) is 12.8 Å². The molecule has 10 heteroatoms. The highest BCUT2D eigenvalue weighted by Gasteiger charge is 2.40. The molecule has 0 N–H and O–H groups in total. The van der Waals surface area contributed by atoms with Crippen molar-refractivity contribution in [3.8, 4) is 11.5 Å². The molecule has 0 heterocycles. The third-order valence-corrected chi connectivity index (χ3v) is 17.6. The average Bonchev–Trinajstić information content (AvgIpc) is 2.95. The third-order valence-electron chi connectivity index (χ3n) is 8.89. The van der Waals surface area contributed by atoms with Crippen molar-refractivity contribution in [1.29, 1.82) is 0 Å². The number of ether oxygens (including phenoxy) is 2. The highest BCUT2D eigenvalue weighted by Crippen LogP contribution is 2.40. The molecule has 2 aromatic rings. The molecule has 46 heavy (non-hydrogen) atoms. The number of hydrogen-bond donors (Lipinski definition) is 0. The predicted octanol–water partition coefficient (Wildman–Crippen LogP) is 7.84. The molecule has 0 aromatic heterocycles. The molecule has 8 nitrogen and oxygen atoms in total. The van der Waals surface area contributed by atoms with Gasteiger partial charge < -0.3 is 27.9 Å². The molecule has 0 spiro atoms. The van der Waals surface area contributed by atoms with E-state index in [1.165, 1.54) is 14.2 Å². The zero-order chi connectivity index (χ0) is 35.3. The van der Waals surface area contributed by atoms with Crippen LogP contribution >= 0.6 is 0 Å². The fourth-order valence-electron chi connectivity index (χ4n) is 3.91. The SMILES string of the molecule is COC(=O)Cc1ccc(CCC=O)c(O[Si](C)(C)C(C)(C)C)c1.COC(=O)Cc1cccc(O[Si](C)(C)C(C)(C)C)c1CCC=O. The summed E-state index contributed by atoms with van der Waals surface area (Å²) in [6.45, 7) is 21.8. The molecule has 2 aromatic carbocycles. The van der Waals surface area contributed by atoms with Crippen molar-refractivity contribution in [3.05, 3.63) is 58.7 Å². The van der Waals surface area contributed by atoms with Gasteiger partial charge in [-0.25, -0.2) is 0 Å². The van der Waals surface area contributed by atoms with Crippen LogP contribution in [0.4, 0.5) is 0 Å². The molecular weight excluding hydrogens is 617 g/mol. The van der Waals surface area contributed by atoms with Crippen LogP contribution in [0.1, 0.15) is 76.6 Å². The molecule has 0 fully saturated rings. The minimum Gasteiger partial charge on any atom is -0.543 e. The second-order valence-corrected chi connectivity index (χ2v) is 23.9. The number of esters is 2. The van der Waals surface area contributed by atoms with Crippen LogP contribution in [0.5, 0.6) is 11.5 Å². The van der Waals surface area contributed by atoms with E-state index in [1.54, 1.807) is 0 Å². The summed E-state index contributed by atoms with van der Waals surface area (Å²) in [6, 6.07) is 11.5. The van der Waals surface area contributed by atoms with Crippen LogP contribution < -0.4 is 8.85 Å². The van der Waals surface area contributed by atoms with E-state index in [-0.39, 0.29) is 34.9 Å². The van der Waals surface area contributed by atoms with Crippen LogP contribution in [0.15, 0.2) is 36.4 Å². The van der Waals surface area contributed by atoms with E-state index in [1.807, 2.05) is 36.4 Å². The third kappa shape index (κ3) is 12.5. The lowest BCUT2D eigenvalue weighted by Gasteiger charge is -2.37. The Kier molecular flexibility index (Phi) is 15.6. The standard InChI is InChI=1S/2C18H28O4Si/c1-18(2,3)23(5,6)22-16-11-7-9-14(13-17(20)21-4)15(16)10-8-12-19;1-18(2,3)23(5,6)22-16-12-14(13-17(20)21-4)9-10-15(16)8-7-11-19/h7,9,11-12H,8,10,13H2,1-6H3;9-12H,7-8,13H2,1-6H3. The Balaban J connectivity index is 0.000000460. The number of methoxy groups -OCH3 is 2. The van der Waals surface area contributed by atoms with Crippen LogP contribution in [0.25, 0.3) is 0 Å². The van der Waals surface area contributed by atoms with E-state index >= 15 is 0 Å². The van der Waals surface area contributed by atoms with Crippen molar-refractivity contribution in [3.63, 3.8) is 0 Å². The van der Waals surface area contributed by atoms with E-state index < -0.39 is 16.6 Å². The summed E-state index contributed by atoms with van der Waals surface area (Å²) in [6.07, 6.45) is 4.31. The summed E-state index contributed by atoms with van der Waals surface area (Å²) in [7, 11) is -1.22. The van der Waals surface area contributed by atoms with Gasteiger partial charge in [-0.05, 0) is 83.5 Å². The summed E-state index contributed by atoms with van der Waals surface area (Å²) in [5, 5.41) is 0.153. The second kappa shape index (κ2) is 17.6. The van der Waals surface area contributed by atoms with Crippen LogP contribution in [0.3, 0.4) is 0 Å². The molecule has 0 unspecified atom stereocenters. The molecule has 0 atom stereocenters. The highest BCUT2D eigenvalue weighted by molar-refractivity contribution is 6.75. The van der Waals surface area contributed by atoms with Crippen LogP contribution in [0, 0.1) is 0 Å². The zero-order valence-electron chi connectivity index (χ0n) is 30.1. The van der Waals surface area contributed by atoms with Gasteiger partial charge in [0.25, 0.3) is 0 Å². The molecule has 0 amide bonds. The second-order valence-electron chi connectivity index (χ2n) is 14.5. The lowest BCUT2D eigenvalue weighted by Crippen LogP contribution is -2.44. The number of carbonyl (C=O) groups is 4. The Hall–Kier alpha value is -3.25. The van der Waals surface area contributed by atoms with Gasteiger partial charge in [-0.3, -0.25) is 9.59 Å². The number of aryl methyl sites for hydroxylation is 1. The Bertz CT molecular complexity index is 1290. The smallest absolute Gasteiger partial charge is 0.309 e. The monoisotopic (exact) mass is 672 g/mol. The number of benzene rings is 2. The molecule has 0 saturated carbocycles. The van der Waals surface area contributed by atoms with Gasteiger partial charge in [-0.2, -0.15) is 0 Å². The van der Waals surface area contributed by atoms with Gasteiger partial charge in [-0.15, -0.1) is 0 Å². The number of carbonyl (C=O) groups excluding carboxylic acids is 4. The van der Waals surface area contributed by atoms with Gasteiger partial charge in [0.15, 0.2) is 0 Å². The molecule has 0 aliphatic carbocycles. The number of rotatable bonds is 14. The Morgan fingerprint density at radius 2 is 1.17 bits per heavy atom. The minimum atomic E-state index is -1.99. The topological polar surface area (TPSA) is 105 Å². The normalized spacial score (nSPS) is 11.9. The van der Waals surface area contributed by atoms with E-state index in [4.69, 9.17) is 18.3 Å². The number of aldehydes is 2. The van der Waals surface area contributed by atoms with Crippen molar-refractivity contribution in [1.82, 2.24) is 0 Å². The molecule has 256 valence electrons. The van der Waals surface area contributed by atoms with Crippen LogP contribution in [0.2, 0.25) is 36.3 Å². The first-order valence-electron chi connectivity index (χ1n) is 15.8. The lowest BCUT2D eigenvalue weighted by atomic mass is 9.99. The van der Waals surface area contributed by atoms with Crippen molar-refractivity contribution in [2.45, 2.75) is 116 Å². The van der Waals surface area contributed by atoms with E-state index in [2.05, 4.69) is 67.7 Å². The van der Waals surface area contributed by atoms with E-state index in [0.29, 0.717) is 25.7 Å². The molecule has 0 radical (unpaired) electrons. The van der Waals surface area contributed by atoms with Gasteiger partial charge in [0.1, 0.15) is 24.1 Å². The first kappa shape index (κ1) is 40.8. The number of hydrogen-bond acceptors (Lipinski definition) is 8. The summed E-state index contributed by atoms with van der Waals surface area (Å²) in [5.41, 5.74) is 3.68. The van der Waals surface area contributed by atoms with Crippen molar-refractivity contribution in [2.24, 2.45) is 0 Å². The maximum Gasteiger partial charge on any atom is 0.309 e. The van der Waals surface area contributed by atoms with Gasteiger partial charge in [0.05, 0.1) is 27.1 Å². The molecule has 0 saturated heterocycles. The molecule has 0 aliphatic rings. The maximum absolute atomic E-state index is 11.6. The van der Waals surface area contributed by atoms with E-state index in [9.17, 15) is 19.2 Å². The van der Waals surface area contributed by atoms with Gasteiger partial charge in [0.2, 0.25) is 16.6 Å². The first-order valence-corrected chi connectivity index (χ1v) is 21.7. The summed E-state index contributed by atoms with van der Waals surface area (Å²) >= 11 is 0. The Morgan fingerprint density at radius 1 is 0.674 bits per heavy atom. The van der Waals surface area contributed by atoms with Crippen LogP contribution in [-0.2, 0) is 54.3 Å². The molecule has 0 aliphatic heterocycles. The summed E-state index contributed by atoms with van der Waals surface area (Å²) < 4.78 is 22.3.